The molecule has 0 bridgehead atoms. The van der Waals surface area contributed by atoms with Crippen LogP contribution in [0.3, 0.4) is 0 Å². The lowest BCUT2D eigenvalue weighted by Crippen LogP contribution is -2.21. The Balaban J connectivity index is 2.17. The van der Waals surface area contributed by atoms with Crippen molar-refractivity contribution in [1.29, 1.82) is 0 Å². The SMILES string of the molecule is CCOP(=O)(Cc1ccc(C(=O)Nc2cc(Cl)ccc2C(=O)NC)cc1)OCC. The van der Waals surface area contributed by atoms with Crippen molar-refractivity contribution < 1.29 is 23.2 Å². The molecule has 0 radical (unpaired) electrons. The van der Waals surface area contributed by atoms with Gasteiger partial charge in [-0.05, 0) is 49.7 Å². The average molecular weight is 439 g/mol. The average Bonchev–Trinajstić information content (AvgIpc) is 2.68. The van der Waals surface area contributed by atoms with Crippen LogP contribution in [0.2, 0.25) is 5.02 Å². The molecule has 9 heteroatoms. The number of hydrogen-bond donors (Lipinski definition) is 2. The standard InChI is InChI=1S/C20H24ClN2O5P/c1-4-27-29(26,28-5-2)13-14-6-8-15(9-7-14)19(24)23-18-12-16(21)10-11-17(18)20(25)22-3/h6-12H,4-5,13H2,1-3H3,(H,22,25)(H,23,24). The molecule has 0 aliphatic carbocycles. The van der Waals surface area contributed by atoms with Crippen molar-refractivity contribution in [2.45, 2.75) is 20.0 Å². The Labute approximate surface area is 175 Å². The van der Waals surface area contributed by atoms with Crippen molar-refractivity contribution >= 4 is 36.7 Å². The Hall–Kier alpha value is -2.18. The van der Waals surface area contributed by atoms with Crippen LogP contribution < -0.4 is 10.6 Å². The molecule has 0 saturated heterocycles. The molecule has 156 valence electrons. The predicted octanol–water partition coefficient (Wildman–Crippen LogP) is 4.72. The van der Waals surface area contributed by atoms with Gasteiger partial charge in [0.1, 0.15) is 0 Å². The minimum Gasteiger partial charge on any atom is -0.355 e. The predicted molar refractivity (Wildman–Crippen MR) is 114 cm³/mol. The summed E-state index contributed by atoms with van der Waals surface area (Å²) >= 11 is 5.99. The summed E-state index contributed by atoms with van der Waals surface area (Å²) in [6.07, 6.45) is 0.117. The second kappa shape index (κ2) is 10.6. The molecule has 0 aliphatic rings. The molecule has 0 heterocycles. The summed E-state index contributed by atoms with van der Waals surface area (Å²) < 4.78 is 23.2. The largest absolute Gasteiger partial charge is 0.355 e. The summed E-state index contributed by atoms with van der Waals surface area (Å²) in [6, 6.07) is 11.2. The first-order valence-electron chi connectivity index (χ1n) is 9.12. The molecule has 2 aromatic carbocycles. The fourth-order valence-electron chi connectivity index (χ4n) is 2.65. The molecular formula is C20H24ClN2O5P. The summed E-state index contributed by atoms with van der Waals surface area (Å²) in [7, 11) is -1.72. The first-order chi connectivity index (χ1) is 13.8. The molecule has 29 heavy (non-hydrogen) atoms. The highest BCUT2D eigenvalue weighted by atomic mass is 35.5. The number of halogens is 1. The highest BCUT2D eigenvalue weighted by Crippen LogP contribution is 2.51. The monoisotopic (exact) mass is 438 g/mol. The summed E-state index contributed by atoms with van der Waals surface area (Å²) in [4.78, 5) is 24.6. The van der Waals surface area contributed by atoms with Crippen LogP contribution in [0, 0.1) is 0 Å². The van der Waals surface area contributed by atoms with E-state index in [2.05, 4.69) is 10.6 Å². The van der Waals surface area contributed by atoms with Crippen LogP contribution in [0.25, 0.3) is 0 Å². The zero-order valence-corrected chi connectivity index (χ0v) is 18.2. The minimum atomic E-state index is -3.22. The van der Waals surface area contributed by atoms with Crippen LogP contribution in [-0.2, 0) is 19.8 Å². The Kier molecular flexibility index (Phi) is 8.41. The van der Waals surface area contributed by atoms with Crippen molar-refractivity contribution in [1.82, 2.24) is 5.32 Å². The molecule has 0 unspecified atom stereocenters. The summed E-state index contributed by atoms with van der Waals surface area (Å²) in [5, 5.41) is 5.62. The molecule has 2 amide bonds. The molecule has 0 atom stereocenters. The fraction of sp³-hybridized carbons (Fsp3) is 0.300. The van der Waals surface area contributed by atoms with Gasteiger partial charge in [0.05, 0.1) is 30.6 Å². The van der Waals surface area contributed by atoms with Crippen molar-refractivity contribution in [3.8, 4) is 0 Å². The molecular weight excluding hydrogens is 415 g/mol. The number of carbonyl (C=O) groups is 2. The second-order valence-electron chi connectivity index (χ2n) is 6.02. The van der Waals surface area contributed by atoms with Crippen LogP contribution >= 0.6 is 19.2 Å². The van der Waals surface area contributed by atoms with Crippen molar-refractivity contribution in [3.63, 3.8) is 0 Å². The molecule has 0 aliphatic heterocycles. The summed E-state index contributed by atoms with van der Waals surface area (Å²) in [5.41, 5.74) is 1.71. The van der Waals surface area contributed by atoms with Gasteiger partial charge in [-0.25, -0.2) is 0 Å². The normalized spacial score (nSPS) is 11.2. The van der Waals surface area contributed by atoms with Gasteiger partial charge in [-0.2, -0.15) is 0 Å². The molecule has 7 nitrogen and oxygen atoms in total. The van der Waals surface area contributed by atoms with Gasteiger partial charge in [-0.1, -0.05) is 23.7 Å². The molecule has 0 spiro atoms. The minimum absolute atomic E-state index is 0.117. The first kappa shape index (κ1) is 23.1. The maximum atomic E-state index is 12.6. The van der Waals surface area contributed by atoms with E-state index in [0.717, 1.165) is 5.56 Å². The smallest absolute Gasteiger partial charge is 0.335 e. The Bertz CT molecular complexity index is 908. The number of amides is 2. The second-order valence-corrected chi connectivity index (χ2v) is 8.52. The van der Waals surface area contributed by atoms with Crippen molar-refractivity contribution in [2.75, 3.05) is 25.6 Å². The van der Waals surface area contributed by atoms with E-state index in [1.54, 1.807) is 50.2 Å². The number of hydrogen-bond acceptors (Lipinski definition) is 5. The van der Waals surface area contributed by atoms with Gasteiger partial charge in [-0.3, -0.25) is 14.2 Å². The molecule has 2 rings (SSSR count). The Morgan fingerprint density at radius 1 is 1.00 bits per heavy atom. The number of nitrogens with one attached hydrogen (secondary N) is 2. The van der Waals surface area contributed by atoms with E-state index in [9.17, 15) is 14.2 Å². The lowest BCUT2D eigenvalue weighted by Gasteiger charge is -2.17. The third kappa shape index (κ3) is 6.41. The number of carbonyl (C=O) groups excluding carboxylic acids is 2. The highest BCUT2D eigenvalue weighted by Gasteiger charge is 2.24. The van der Waals surface area contributed by atoms with Gasteiger partial charge in [-0.15, -0.1) is 0 Å². The van der Waals surface area contributed by atoms with Crippen molar-refractivity contribution in [3.05, 3.63) is 64.2 Å². The first-order valence-corrected chi connectivity index (χ1v) is 11.2. The third-order valence-electron chi connectivity index (χ3n) is 3.95. The molecule has 2 N–H and O–H groups in total. The van der Waals surface area contributed by atoms with Crippen LogP contribution in [0.4, 0.5) is 5.69 Å². The van der Waals surface area contributed by atoms with Gasteiger partial charge in [0.25, 0.3) is 11.8 Å². The van der Waals surface area contributed by atoms with Crippen LogP contribution in [0.15, 0.2) is 42.5 Å². The van der Waals surface area contributed by atoms with E-state index in [-0.39, 0.29) is 25.3 Å². The number of benzene rings is 2. The lowest BCUT2D eigenvalue weighted by molar-refractivity contribution is 0.0964. The topological polar surface area (TPSA) is 93.7 Å². The van der Waals surface area contributed by atoms with Crippen molar-refractivity contribution in [2.24, 2.45) is 0 Å². The van der Waals surface area contributed by atoms with Gasteiger partial charge in [0, 0.05) is 17.6 Å². The number of anilines is 1. The number of rotatable bonds is 9. The van der Waals surface area contributed by atoms with E-state index in [1.165, 1.54) is 13.1 Å². The van der Waals surface area contributed by atoms with Crippen LogP contribution in [-0.4, -0.2) is 32.1 Å². The molecule has 0 aromatic heterocycles. The summed E-state index contributed by atoms with van der Waals surface area (Å²) in [5.74, 6) is -0.739. The van der Waals surface area contributed by atoms with Gasteiger partial charge >= 0.3 is 7.60 Å². The van der Waals surface area contributed by atoms with E-state index in [1.807, 2.05) is 0 Å². The van der Waals surface area contributed by atoms with Gasteiger partial charge < -0.3 is 19.7 Å². The van der Waals surface area contributed by atoms with E-state index in [0.29, 0.717) is 21.8 Å². The maximum Gasteiger partial charge on any atom is 0.335 e. The van der Waals surface area contributed by atoms with E-state index >= 15 is 0 Å². The summed E-state index contributed by atoms with van der Waals surface area (Å²) in [6.45, 7) is 4.07. The zero-order chi connectivity index (χ0) is 21.4. The maximum absolute atomic E-state index is 12.6. The van der Waals surface area contributed by atoms with Gasteiger partial charge in [0.2, 0.25) is 0 Å². The molecule has 0 saturated carbocycles. The van der Waals surface area contributed by atoms with E-state index in [4.69, 9.17) is 20.6 Å². The van der Waals surface area contributed by atoms with Gasteiger partial charge in [0.15, 0.2) is 0 Å². The third-order valence-corrected chi connectivity index (χ3v) is 6.24. The zero-order valence-electron chi connectivity index (χ0n) is 16.5. The lowest BCUT2D eigenvalue weighted by atomic mass is 10.1. The Morgan fingerprint density at radius 3 is 2.17 bits per heavy atom. The molecule has 0 fully saturated rings. The molecule has 2 aromatic rings. The van der Waals surface area contributed by atoms with Crippen LogP contribution in [0.1, 0.15) is 40.1 Å². The van der Waals surface area contributed by atoms with Crippen LogP contribution in [0.5, 0.6) is 0 Å². The Morgan fingerprint density at radius 2 is 1.62 bits per heavy atom. The van der Waals surface area contributed by atoms with E-state index < -0.39 is 13.5 Å². The fourth-order valence-corrected chi connectivity index (χ4v) is 4.53. The highest BCUT2D eigenvalue weighted by molar-refractivity contribution is 7.53. The quantitative estimate of drug-likeness (QED) is 0.552.